The number of aromatic nitrogens is 1. The molecule has 156 valence electrons. The Morgan fingerprint density at radius 2 is 2.11 bits per heavy atom. The Hall–Kier alpha value is -1.86. The Morgan fingerprint density at radius 3 is 2.75 bits per heavy atom. The number of pyridine rings is 1. The van der Waals surface area contributed by atoms with E-state index in [-0.39, 0.29) is 6.10 Å². The van der Waals surface area contributed by atoms with Gasteiger partial charge in [-0.3, -0.25) is 0 Å². The SMILES string of the molecule is CCNC(=NCc1ccc(N2CCOC(C)C2)nc1)N1CCC(OCC)CC1. The topological polar surface area (TPSA) is 62.2 Å². The van der Waals surface area contributed by atoms with E-state index in [2.05, 4.69) is 53.0 Å². The molecule has 1 aromatic heterocycles. The number of likely N-dealkylation sites (tertiary alicyclic amines) is 1. The van der Waals surface area contributed by atoms with Crippen molar-refractivity contribution in [2.24, 2.45) is 4.99 Å². The van der Waals surface area contributed by atoms with Gasteiger partial charge in [0.2, 0.25) is 0 Å². The third kappa shape index (κ3) is 5.82. The maximum atomic E-state index is 5.76. The number of nitrogens with zero attached hydrogens (tertiary/aromatic N) is 4. The maximum absolute atomic E-state index is 5.76. The second-order valence-electron chi connectivity index (χ2n) is 7.46. The average Bonchev–Trinajstić information content (AvgIpc) is 2.72. The molecule has 0 amide bonds. The molecule has 1 unspecified atom stereocenters. The zero-order valence-corrected chi connectivity index (χ0v) is 17.6. The van der Waals surface area contributed by atoms with Crippen LogP contribution >= 0.6 is 0 Å². The molecular weight excluding hydrogens is 354 g/mol. The van der Waals surface area contributed by atoms with Gasteiger partial charge in [-0.25, -0.2) is 9.98 Å². The van der Waals surface area contributed by atoms with Gasteiger partial charge < -0.3 is 24.6 Å². The van der Waals surface area contributed by atoms with Crippen molar-refractivity contribution in [1.82, 2.24) is 15.2 Å². The van der Waals surface area contributed by atoms with Gasteiger partial charge in [0.15, 0.2) is 5.96 Å². The number of anilines is 1. The highest BCUT2D eigenvalue weighted by molar-refractivity contribution is 5.80. The summed E-state index contributed by atoms with van der Waals surface area (Å²) in [6, 6.07) is 4.24. The fourth-order valence-corrected chi connectivity index (χ4v) is 3.79. The molecule has 0 bridgehead atoms. The van der Waals surface area contributed by atoms with E-state index in [1.807, 2.05) is 6.20 Å². The lowest BCUT2D eigenvalue weighted by atomic mass is 10.1. The van der Waals surface area contributed by atoms with Crippen LogP contribution in [-0.4, -0.2) is 74.0 Å². The molecule has 0 saturated carbocycles. The fraction of sp³-hybridized carbons (Fsp3) is 0.714. The predicted molar refractivity (Wildman–Crippen MR) is 113 cm³/mol. The van der Waals surface area contributed by atoms with Crippen LogP contribution in [0.1, 0.15) is 39.2 Å². The zero-order chi connectivity index (χ0) is 19.8. The first-order valence-electron chi connectivity index (χ1n) is 10.7. The smallest absolute Gasteiger partial charge is 0.194 e. The molecule has 2 saturated heterocycles. The molecule has 1 atom stereocenters. The van der Waals surface area contributed by atoms with Gasteiger partial charge in [-0.05, 0) is 45.2 Å². The second kappa shape index (κ2) is 10.6. The highest BCUT2D eigenvalue weighted by Gasteiger charge is 2.21. The predicted octanol–water partition coefficient (Wildman–Crippen LogP) is 2.27. The number of morpholine rings is 1. The van der Waals surface area contributed by atoms with Gasteiger partial charge in [0.05, 0.1) is 25.4 Å². The van der Waals surface area contributed by atoms with E-state index in [0.29, 0.717) is 12.6 Å². The summed E-state index contributed by atoms with van der Waals surface area (Å²) in [6.45, 7) is 13.1. The molecule has 2 aliphatic rings. The lowest BCUT2D eigenvalue weighted by Crippen LogP contribution is -2.47. The highest BCUT2D eigenvalue weighted by atomic mass is 16.5. The van der Waals surface area contributed by atoms with Crippen LogP contribution in [-0.2, 0) is 16.0 Å². The number of guanidine groups is 1. The molecule has 0 radical (unpaired) electrons. The van der Waals surface area contributed by atoms with E-state index in [4.69, 9.17) is 14.5 Å². The number of aliphatic imine (C=N–C) groups is 1. The Labute approximate surface area is 169 Å². The van der Waals surface area contributed by atoms with Crippen LogP contribution in [0.15, 0.2) is 23.3 Å². The normalized spacial score (nSPS) is 21.8. The average molecular weight is 390 g/mol. The number of hydrogen-bond acceptors (Lipinski definition) is 5. The van der Waals surface area contributed by atoms with Crippen LogP contribution in [0.3, 0.4) is 0 Å². The van der Waals surface area contributed by atoms with Crippen LogP contribution in [0.25, 0.3) is 0 Å². The first kappa shape index (κ1) is 20.9. The maximum Gasteiger partial charge on any atom is 0.194 e. The van der Waals surface area contributed by atoms with Gasteiger partial charge in [0.1, 0.15) is 5.82 Å². The Bertz CT molecular complexity index is 614. The Morgan fingerprint density at radius 1 is 1.29 bits per heavy atom. The molecule has 3 rings (SSSR count). The lowest BCUT2D eigenvalue weighted by molar-refractivity contribution is 0.0263. The summed E-state index contributed by atoms with van der Waals surface area (Å²) in [5.41, 5.74) is 1.13. The van der Waals surface area contributed by atoms with Crippen molar-refractivity contribution in [2.75, 3.05) is 50.8 Å². The minimum absolute atomic E-state index is 0.259. The van der Waals surface area contributed by atoms with Gasteiger partial charge in [0, 0.05) is 45.5 Å². The summed E-state index contributed by atoms with van der Waals surface area (Å²) in [6.07, 6.45) is 4.72. The van der Waals surface area contributed by atoms with Crippen molar-refractivity contribution < 1.29 is 9.47 Å². The standard InChI is InChI=1S/C21H35N5O2/c1-4-22-21(25-10-8-19(9-11-25)27-5-2)24-15-18-6-7-20(23-14-18)26-12-13-28-17(3)16-26/h6-7,14,17,19H,4-5,8-13,15-16H2,1-3H3,(H,22,24). The molecule has 0 aromatic carbocycles. The molecule has 7 nitrogen and oxygen atoms in total. The van der Waals surface area contributed by atoms with E-state index in [1.54, 1.807) is 0 Å². The molecule has 2 fully saturated rings. The van der Waals surface area contributed by atoms with Gasteiger partial charge >= 0.3 is 0 Å². The molecule has 1 aromatic rings. The molecule has 0 aliphatic carbocycles. The van der Waals surface area contributed by atoms with Crippen LogP contribution in [0.5, 0.6) is 0 Å². The van der Waals surface area contributed by atoms with Crippen molar-refractivity contribution >= 4 is 11.8 Å². The van der Waals surface area contributed by atoms with Gasteiger partial charge in [-0.15, -0.1) is 0 Å². The third-order valence-corrected chi connectivity index (χ3v) is 5.26. The summed E-state index contributed by atoms with van der Waals surface area (Å²) < 4.78 is 11.4. The van der Waals surface area contributed by atoms with Crippen LogP contribution < -0.4 is 10.2 Å². The van der Waals surface area contributed by atoms with Crippen molar-refractivity contribution in [3.8, 4) is 0 Å². The van der Waals surface area contributed by atoms with Gasteiger partial charge in [-0.2, -0.15) is 0 Å². The molecular formula is C21H35N5O2. The number of piperidine rings is 1. The minimum atomic E-state index is 0.259. The monoisotopic (exact) mass is 389 g/mol. The van der Waals surface area contributed by atoms with Gasteiger partial charge in [0.25, 0.3) is 0 Å². The quantitative estimate of drug-likeness (QED) is 0.595. The molecule has 0 spiro atoms. The van der Waals surface area contributed by atoms with Crippen LogP contribution in [0.2, 0.25) is 0 Å². The number of rotatable bonds is 6. The Kier molecular flexibility index (Phi) is 7.91. The van der Waals surface area contributed by atoms with Crippen molar-refractivity contribution in [1.29, 1.82) is 0 Å². The molecule has 3 heterocycles. The summed E-state index contributed by atoms with van der Waals surface area (Å²) >= 11 is 0. The van der Waals surface area contributed by atoms with Crippen LogP contribution in [0.4, 0.5) is 5.82 Å². The first-order chi connectivity index (χ1) is 13.7. The Balaban J connectivity index is 1.57. The molecule has 2 aliphatic heterocycles. The van der Waals surface area contributed by atoms with Crippen molar-refractivity contribution in [3.63, 3.8) is 0 Å². The molecule has 1 N–H and O–H groups in total. The molecule has 7 heteroatoms. The lowest BCUT2D eigenvalue weighted by Gasteiger charge is -2.34. The summed E-state index contributed by atoms with van der Waals surface area (Å²) in [7, 11) is 0. The van der Waals surface area contributed by atoms with Crippen molar-refractivity contribution in [2.45, 2.75) is 52.4 Å². The highest BCUT2D eigenvalue weighted by Crippen LogP contribution is 2.17. The molecule has 28 heavy (non-hydrogen) atoms. The summed E-state index contributed by atoms with van der Waals surface area (Å²) in [5, 5.41) is 3.43. The van der Waals surface area contributed by atoms with E-state index in [9.17, 15) is 0 Å². The number of nitrogens with one attached hydrogen (secondary N) is 1. The fourth-order valence-electron chi connectivity index (χ4n) is 3.79. The largest absolute Gasteiger partial charge is 0.378 e. The number of hydrogen-bond donors (Lipinski definition) is 1. The summed E-state index contributed by atoms with van der Waals surface area (Å²) in [4.78, 5) is 14.1. The van der Waals surface area contributed by atoms with Gasteiger partial charge in [-0.1, -0.05) is 6.07 Å². The minimum Gasteiger partial charge on any atom is -0.378 e. The summed E-state index contributed by atoms with van der Waals surface area (Å²) in [5.74, 6) is 2.01. The van der Waals surface area contributed by atoms with E-state index < -0.39 is 0 Å². The van der Waals surface area contributed by atoms with Crippen molar-refractivity contribution in [3.05, 3.63) is 23.9 Å². The zero-order valence-electron chi connectivity index (χ0n) is 17.6. The van der Waals surface area contributed by atoms with Crippen LogP contribution in [0, 0.1) is 0 Å². The second-order valence-corrected chi connectivity index (χ2v) is 7.46. The first-order valence-corrected chi connectivity index (χ1v) is 10.7. The van der Waals surface area contributed by atoms with E-state index in [0.717, 1.165) is 76.1 Å². The van der Waals surface area contributed by atoms with E-state index >= 15 is 0 Å². The number of ether oxygens (including phenoxy) is 2. The third-order valence-electron chi connectivity index (χ3n) is 5.26. The van der Waals surface area contributed by atoms with E-state index in [1.165, 1.54) is 0 Å².